The highest BCUT2D eigenvalue weighted by molar-refractivity contribution is 5.91. The van der Waals surface area contributed by atoms with E-state index < -0.39 is 5.54 Å². The lowest BCUT2D eigenvalue weighted by Crippen LogP contribution is -2.57. The molecule has 1 aliphatic carbocycles. The normalized spacial score (nSPS) is 25.0. The predicted molar refractivity (Wildman–Crippen MR) is 86.7 cm³/mol. The first kappa shape index (κ1) is 16.0. The van der Waals surface area contributed by atoms with E-state index in [-0.39, 0.29) is 24.4 Å². The molecular formula is C17H26N4O2. The average Bonchev–Trinajstić information content (AvgIpc) is 3.23. The molecule has 0 radical (unpaired) electrons. The van der Waals surface area contributed by atoms with Gasteiger partial charge in [-0.1, -0.05) is 12.8 Å². The molecular weight excluding hydrogens is 292 g/mol. The first-order valence-corrected chi connectivity index (χ1v) is 8.60. The molecule has 1 saturated carbocycles. The fourth-order valence-electron chi connectivity index (χ4n) is 3.81. The van der Waals surface area contributed by atoms with Gasteiger partial charge in [-0.15, -0.1) is 0 Å². The third kappa shape index (κ3) is 3.12. The Kier molecular flexibility index (Phi) is 4.41. The molecule has 6 heteroatoms. The van der Waals surface area contributed by atoms with E-state index in [1.807, 2.05) is 18.4 Å². The van der Waals surface area contributed by atoms with Crippen LogP contribution in [-0.2, 0) is 16.1 Å². The Morgan fingerprint density at radius 1 is 1.35 bits per heavy atom. The molecule has 0 spiro atoms. The van der Waals surface area contributed by atoms with Crippen molar-refractivity contribution < 1.29 is 9.59 Å². The largest absolute Gasteiger partial charge is 0.351 e. The average molecular weight is 318 g/mol. The van der Waals surface area contributed by atoms with Gasteiger partial charge in [0, 0.05) is 25.0 Å². The second kappa shape index (κ2) is 6.34. The van der Waals surface area contributed by atoms with Gasteiger partial charge in [-0.05, 0) is 39.5 Å². The highest BCUT2D eigenvalue weighted by Gasteiger charge is 2.46. The summed E-state index contributed by atoms with van der Waals surface area (Å²) in [5.41, 5.74) is -0.714. The van der Waals surface area contributed by atoms with Crippen molar-refractivity contribution in [3.05, 3.63) is 18.2 Å². The minimum absolute atomic E-state index is 0.00679. The van der Waals surface area contributed by atoms with Crippen LogP contribution >= 0.6 is 0 Å². The van der Waals surface area contributed by atoms with Crippen molar-refractivity contribution in [2.24, 2.45) is 0 Å². The number of amides is 2. The Morgan fingerprint density at radius 2 is 2.09 bits per heavy atom. The maximum Gasteiger partial charge on any atom is 0.245 e. The molecule has 23 heavy (non-hydrogen) atoms. The summed E-state index contributed by atoms with van der Waals surface area (Å²) in [7, 11) is 0. The predicted octanol–water partition coefficient (Wildman–Crippen LogP) is 1.63. The van der Waals surface area contributed by atoms with Crippen molar-refractivity contribution in [3.63, 3.8) is 0 Å². The second-order valence-corrected chi connectivity index (χ2v) is 6.98. The summed E-state index contributed by atoms with van der Waals surface area (Å²) in [5.74, 6) is 0.819. The standard InChI is InChI=1S/C17H26N4O2/c1-13-18-9-11-20(13)12-15(22)21-10-5-8-17(21,2)16(23)19-14-6-3-4-7-14/h9,11,14H,3-8,10,12H2,1-2H3,(H,19,23). The lowest BCUT2D eigenvalue weighted by Gasteiger charge is -2.35. The van der Waals surface area contributed by atoms with Gasteiger partial charge in [0.1, 0.15) is 17.9 Å². The van der Waals surface area contributed by atoms with E-state index in [0.29, 0.717) is 6.54 Å². The highest BCUT2D eigenvalue weighted by Crippen LogP contribution is 2.30. The fraction of sp³-hybridized carbons (Fsp3) is 0.706. The maximum atomic E-state index is 12.8. The molecule has 2 fully saturated rings. The Balaban J connectivity index is 1.69. The first-order chi connectivity index (χ1) is 11.0. The molecule has 6 nitrogen and oxygen atoms in total. The molecule has 1 saturated heterocycles. The number of hydrogen-bond donors (Lipinski definition) is 1. The summed E-state index contributed by atoms with van der Waals surface area (Å²) in [6, 6.07) is 0.285. The van der Waals surface area contributed by atoms with Crippen molar-refractivity contribution in [2.75, 3.05) is 6.54 Å². The van der Waals surface area contributed by atoms with Crippen LogP contribution in [0, 0.1) is 6.92 Å². The van der Waals surface area contributed by atoms with Gasteiger partial charge in [-0.25, -0.2) is 4.98 Å². The molecule has 2 amide bonds. The van der Waals surface area contributed by atoms with Gasteiger partial charge < -0.3 is 14.8 Å². The number of hydrogen-bond acceptors (Lipinski definition) is 3. The zero-order valence-corrected chi connectivity index (χ0v) is 14.0. The quantitative estimate of drug-likeness (QED) is 0.917. The molecule has 1 aliphatic heterocycles. The van der Waals surface area contributed by atoms with E-state index in [1.165, 1.54) is 12.8 Å². The van der Waals surface area contributed by atoms with Gasteiger partial charge in [0.2, 0.25) is 11.8 Å². The van der Waals surface area contributed by atoms with E-state index in [9.17, 15) is 9.59 Å². The SMILES string of the molecule is Cc1nccn1CC(=O)N1CCCC1(C)C(=O)NC1CCCC1. The van der Waals surface area contributed by atoms with Gasteiger partial charge in [0.05, 0.1) is 0 Å². The van der Waals surface area contributed by atoms with E-state index >= 15 is 0 Å². The summed E-state index contributed by atoms with van der Waals surface area (Å²) >= 11 is 0. The summed E-state index contributed by atoms with van der Waals surface area (Å²) in [6.45, 7) is 4.69. The maximum absolute atomic E-state index is 12.8. The molecule has 1 aromatic heterocycles. The monoisotopic (exact) mass is 318 g/mol. The molecule has 1 aromatic rings. The molecule has 1 atom stereocenters. The van der Waals surface area contributed by atoms with E-state index in [1.54, 1.807) is 17.3 Å². The van der Waals surface area contributed by atoms with Crippen LogP contribution in [0.3, 0.4) is 0 Å². The molecule has 0 aromatic carbocycles. The van der Waals surface area contributed by atoms with Crippen LogP contribution in [0.4, 0.5) is 0 Å². The van der Waals surface area contributed by atoms with Gasteiger partial charge in [0.25, 0.3) is 0 Å². The number of nitrogens with one attached hydrogen (secondary N) is 1. The van der Waals surface area contributed by atoms with Gasteiger partial charge in [-0.2, -0.15) is 0 Å². The van der Waals surface area contributed by atoms with Gasteiger partial charge >= 0.3 is 0 Å². The van der Waals surface area contributed by atoms with E-state index in [0.717, 1.165) is 31.5 Å². The minimum atomic E-state index is -0.714. The Hall–Kier alpha value is -1.85. The van der Waals surface area contributed by atoms with Crippen LogP contribution in [0.25, 0.3) is 0 Å². The zero-order chi connectivity index (χ0) is 16.4. The van der Waals surface area contributed by atoms with E-state index in [4.69, 9.17) is 0 Å². The first-order valence-electron chi connectivity index (χ1n) is 8.60. The highest BCUT2D eigenvalue weighted by atomic mass is 16.2. The van der Waals surface area contributed by atoms with Crippen LogP contribution in [0.2, 0.25) is 0 Å². The molecule has 126 valence electrons. The van der Waals surface area contributed by atoms with Crippen molar-refractivity contribution in [3.8, 4) is 0 Å². The van der Waals surface area contributed by atoms with Crippen LogP contribution < -0.4 is 5.32 Å². The van der Waals surface area contributed by atoms with Crippen molar-refractivity contribution in [1.82, 2.24) is 19.8 Å². The fourth-order valence-corrected chi connectivity index (χ4v) is 3.81. The van der Waals surface area contributed by atoms with Crippen LogP contribution in [0.1, 0.15) is 51.3 Å². The van der Waals surface area contributed by atoms with Crippen molar-refractivity contribution in [2.45, 2.75) is 70.5 Å². The molecule has 1 unspecified atom stereocenters. The topological polar surface area (TPSA) is 67.2 Å². The number of imidazole rings is 1. The Labute approximate surface area is 137 Å². The van der Waals surface area contributed by atoms with Crippen LogP contribution in [0.15, 0.2) is 12.4 Å². The van der Waals surface area contributed by atoms with Gasteiger partial charge in [0.15, 0.2) is 0 Å². The zero-order valence-electron chi connectivity index (χ0n) is 14.0. The number of likely N-dealkylation sites (tertiary alicyclic amines) is 1. The Bertz CT molecular complexity index is 591. The molecule has 3 rings (SSSR count). The second-order valence-electron chi connectivity index (χ2n) is 6.98. The summed E-state index contributed by atoms with van der Waals surface area (Å²) < 4.78 is 1.83. The number of rotatable bonds is 4. The molecule has 2 aliphatic rings. The number of aromatic nitrogens is 2. The third-order valence-electron chi connectivity index (χ3n) is 5.35. The number of nitrogens with zero attached hydrogens (tertiary/aromatic N) is 3. The minimum Gasteiger partial charge on any atom is -0.351 e. The smallest absolute Gasteiger partial charge is 0.245 e. The lowest BCUT2D eigenvalue weighted by atomic mass is 9.96. The Morgan fingerprint density at radius 3 is 2.74 bits per heavy atom. The number of carbonyl (C=O) groups excluding carboxylic acids is 2. The lowest BCUT2D eigenvalue weighted by molar-refractivity contribution is -0.144. The summed E-state index contributed by atoms with van der Waals surface area (Å²) in [6.07, 6.45) is 9.60. The molecule has 2 heterocycles. The summed E-state index contributed by atoms with van der Waals surface area (Å²) in [4.78, 5) is 31.4. The molecule has 0 bridgehead atoms. The number of aryl methyl sites for hydroxylation is 1. The van der Waals surface area contributed by atoms with Crippen molar-refractivity contribution in [1.29, 1.82) is 0 Å². The number of carbonyl (C=O) groups is 2. The summed E-state index contributed by atoms with van der Waals surface area (Å²) in [5, 5.41) is 3.16. The molecule has 1 N–H and O–H groups in total. The van der Waals surface area contributed by atoms with Crippen molar-refractivity contribution >= 4 is 11.8 Å². The van der Waals surface area contributed by atoms with Crippen LogP contribution in [-0.4, -0.2) is 44.4 Å². The van der Waals surface area contributed by atoms with E-state index in [2.05, 4.69) is 10.3 Å². The van der Waals surface area contributed by atoms with Crippen LogP contribution in [0.5, 0.6) is 0 Å². The van der Waals surface area contributed by atoms with Gasteiger partial charge in [-0.3, -0.25) is 9.59 Å². The third-order valence-corrected chi connectivity index (χ3v) is 5.35.